The number of aryl methyl sites for hydroxylation is 3. The lowest BCUT2D eigenvalue weighted by Gasteiger charge is -2.20. The van der Waals surface area contributed by atoms with Crippen molar-refractivity contribution < 1.29 is 9.26 Å². The highest BCUT2D eigenvalue weighted by Crippen LogP contribution is 2.32. The number of aromatic nitrogens is 3. The van der Waals surface area contributed by atoms with E-state index in [1.54, 1.807) is 18.4 Å². The van der Waals surface area contributed by atoms with E-state index < -0.39 is 0 Å². The van der Waals surface area contributed by atoms with Gasteiger partial charge in [-0.1, -0.05) is 5.16 Å². The zero-order valence-corrected chi connectivity index (χ0v) is 14.1. The van der Waals surface area contributed by atoms with E-state index in [2.05, 4.69) is 25.4 Å². The van der Waals surface area contributed by atoms with E-state index in [0.29, 0.717) is 11.7 Å². The third-order valence-electron chi connectivity index (χ3n) is 4.07. The number of methoxy groups -OCH3 is 1. The molecule has 1 aliphatic heterocycles. The Morgan fingerprint density at radius 1 is 1.41 bits per heavy atom. The number of likely N-dealkylation sites (tertiary alicyclic amines) is 1. The highest BCUT2D eigenvalue weighted by molar-refractivity contribution is 7.09. The first kappa shape index (κ1) is 15.6. The van der Waals surface area contributed by atoms with Crippen LogP contribution in [0.3, 0.4) is 0 Å². The number of hydrogen-bond donors (Lipinski definition) is 0. The van der Waals surface area contributed by atoms with Crippen LogP contribution in [0.25, 0.3) is 0 Å². The molecule has 6 nitrogen and oxygen atoms in total. The molecule has 22 heavy (non-hydrogen) atoms. The van der Waals surface area contributed by atoms with Crippen molar-refractivity contribution in [2.75, 3.05) is 20.2 Å². The van der Waals surface area contributed by atoms with E-state index in [0.717, 1.165) is 37.4 Å². The van der Waals surface area contributed by atoms with Gasteiger partial charge in [-0.3, -0.25) is 4.90 Å². The summed E-state index contributed by atoms with van der Waals surface area (Å²) in [6, 6.07) is 0.170. The molecule has 0 saturated carbocycles. The lowest BCUT2D eigenvalue weighted by atomic mass is 10.2. The third kappa shape index (κ3) is 3.53. The van der Waals surface area contributed by atoms with E-state index >= 15 is 0 Å². The zero-order chi connectivity index (χ0) is 15.5. The summed E-state index contributed by atoms with van der Waals surface area (Å²) in [5.74, 6) is 1.40. The molecule has 2 atom stereocenters. The van der Waals surface area contributed by atoms with Crippen molar-refractivity contribution >= 4 is 11.3 Å². The summed E-state index contributed by atoms with van der Waals surface area (Å²) >= 11 is 1.71. The van der Waals surface area contributed by atoms with Crippen LogP contribution in [0.2, 0.25) is 0 Å². The minimum absolute atomic E-state index is 0.170. The average molecular weight is 322 g/mol. The predicted octanol–water partition coefficient (Wildman–Crippen LogP) is 2.54. The standard InChI is InChI=1S/C15H22N4O2S/c1-10-16-15(21-18-10)14-7-13(20-3)8-19(14)6-4-5-12-9-22-11(2)17-12/h9,13-14H,4-8H2,1-3H3/t13-,14+/m0/s1. The summed E-state index contributed by atoms with van der Waals surface area (Å²) < 4.78 is 10.9. The minimum Gasteiger partial charge on any atom is -0.380 e. The predicted molar refractivity (Wildman–Crippen MR) is 83.9 cm³/mol. The van der Waals surface area contributed by atoms with Crippen molar-refractivity contribution in [3.63, 3.8) is 0 Å². The van der Waals surface area contributed by atoms with Gasteiger partial charge in [-0.15, -0.1) is 11.3 Å². The maximum Gasteiger partial charge on any atom is 0.244 e. The number of nitrogens with zero attached hydrogens (tertiary/aromatic N) is 4. The first-order valence-electron chi connectivity index (χ1n) is 7.63. The van der Waals surface area contributed by atoms with Gasteiger partial charge in [-0.2, -0.15) is 4.98 Å². The molecule has 0 N–H and O–H groups in total. The molecule has 0 spiro atoms. The van der Waals surface area contributed by atoms with Crippen LogP contribution in [0.4, 0.5) is 0 Å². The third-order valence-corrected chi connectivity index (χ3v) is 4.89. The van der Waals surface area contributed by atoms with E-state index in [1.165, 1.54) is 5.69 Å². The summed E-state index contributed by atoms with van der Waals surface area (Å²) in [7, 11) is 1.77. The van der Waals surface area contributed by atoms with E-state index in [4.69, 9.17) is 9.26 Å². The Hall–Kier alpha value is -1.31. The second-order valence-corrected chi connectivity index (χ2v) is 6.81. The first-order valence-corrected chi connectivity index (χ1v) is 8.51. The summed E-state index contributed by atoms with van der Waals surface area (Å²) in [6.07, 6.45) is 3.23. The maximum absolute atomic E-state index is 5.53. The van der Waals surface area contributed by atoms with Crippen molar-refractivity contribution in [2.45, 2.75) is 45.3 Å². The van der Waals surface area contributed by atoms with Gasteiger partial charge in [-0.05, 0) is 39.7 Å². The Labute approximate surface area is 134 Å². The molecule has 0 bridgehead atoms. The van der Waals surface area contributed by atoms with Crippen LogP contribution in [0.15, 0.2) is 9.90 Å². The highest BCUT2D eigenvalue weighted by Gasteiger charge is 2.36. The lowest BCUT2D eigenvalue weighted by Crippen LogP contribution is -2.26. The lowest BCUT2D eigenvalue weighted by molar-refractivity contribution is 0.108. The summed E-state index contributed by atoms with van der Waals surface area (Å²) in [5, 5.41) is 7.20. The Morgan fingerprint density at radius 2 is 2.27 bits per heavy atom. The van der Waals surface area contributed by atoms with Crippen LogP contribution in [-0.2, 0) is 11.2 Å². The van der Waals surface area contributed by atoms with Gasteiger partial charge < -0.3 is 9.26 Å². The van der Waals surface area contributed by atoms with E-state index in [9.17, 15) is 0 Å². The van der Waals surface area contributed by atoms with Crippen molar-refractivity contribution in [1.29, 1.82) is 0 Å². The average Bonchev–Trinajstić information content (AvgIpc) is 3.19. The molecular weight excluding hydrogens is 300 g/mol. The molecule has 3 heterocycles. The molecule has 3 rings (SSSR count). The molecule has 0 amide bonds. The van der Waals surface area contributed by atoms with E-state index in [-0.39, 0.29) is 12.1 Å². The van der Waals surface area contributed by atoms with Gasteiger partial charge in [0, 0.05) is 19.0 Å². The quantitative estimate of drug-likeness (QED) is 0.814. The molecule has 2 aromatic heterocycles. The maximum atomic E-state index is 5.53. The van der Waals surface area contributed by atoms with Gasteiger partial charge in [0.05, 0.1) is 22.8 Å². The first-order chi connectivity index (χ1) is 10.7. The molecule has 0 aliphatic carbocycles. The van der Waals surface area contributed by atoms with Crippen molar-refractivity contribution in [3.8, 4) is 0 Å². The molecule has 1 fully saturated rings. The second-order valence-electron chi connectivity index (χ2n) is 5.75. The van der Waals surface area contributed by atoms with Crippen LogP contribution >= 0.6 is 11.3 Å². The molecule has 0 aromatic carbocycles. The number of thiazole rings is 1. The molecule has 1 aliphatic rings. The van der Waals surface area contributed by atoms with Crippen LogP contribution in [0, 0.1) is 13.8 Å². The fraction of sp³-hybridized carbons (Fsp3) is 0.667. The fourth-order valence-electron chi connectivity index (χ4n) is 2.97. The minimum atomic E-state index is 0.170. The summed E-state index contributed by atoms with van der Waals surface area (Å²) in [6.45, 7) is 5.80. The van der Waals surface area contributed by atoms with Crippen molar-refractivity contribution in [3.05, 3.63) is 27.8 Å². The highest BCUT2D eigenvalue weighted by atomic mass is 32.1. The normalized spacial score (nSPS) is 22.5. The van der Waals surface area contributed by atoms with E-state index in [1.807, 2.05) is 13.8 Å². The molecule has 1 saturated heterocycles. The summed E-state index contributed by atoms with van der Waals surface area (Å²) in [5.41, 5.74) is 1.19. The van der Waals surface area contributed by atoms with Gasteiger partial charge in [0.1, 0.15) is 0 Å². The monoisotopic (exact) mass is 322 g/mol. The Bertz CT molecular complexity index is 612. The fourth-order valence-corrected chi connectivity index (χ4v) is 3.62. The smallest absolute Gasteiger partial charge is 0.244 e. The van der Waals surface area contributed by atoms with Gasteiger partial charge >= 0.3 is 0 Å². The van der Waals surface area contributed by atoms with Crippen molar-refractivity contribution in [2.24, 2.45) is 0 Å². The van der Waals surface area contributed by atoms with Crippen LogP contribution in [0.5, 0.6) is 0 Å². The molecule has 2 aromatic rings. The van der Waals surface area contributed by atoms with Crippen LogP contribution in [-0.4, -0.2) is 46.3 Å². The molecule has 7 heteroatoms. The Morgan fingerprint density at radius 3 is 2.91 bits per heavy atom. The van der Waals surface area contributed by atoms with Gasteiger partial charge in [-0.25, -0.2) is 4.98 Å². The number of ether oxygens (including phenoxy) is 1. The second kappa shape index (κ2) is 6.85. The largest absolute Gasteiger partial charge is 0.380 e. The van der Waals surface area contributed by atoms with Gasteiger partial charge in [0.25, 0.3) is 0 Å². The topological polar surface area (TPSA) is 64.3 Å². The zero-order valence-electron chi connectivity index (χ0n) is 13.3. The molecule has 0 radical (unpaired) electrons. The molecule has 120 valence electrons. The SMILES string of the molecule is CO[C@H]1C[C@H](c2nc(C)no2)N(CCCc2csc(C)n2)C1. The Kier molecular flexibility index (Phi) is 4.85. The number of hydrogen-bond acceptors (Lipinski definition) is 7. The van der Waals surface area contributed by atoms with Crippen LogP contribution in [0.1, 0.15) is 41.3 Å². The summed E-state index contributed by atoms with van der Waals surface area (Å²) in [4.78, 5) is 11.3. The molecular formula is C15H22N4O2S. The van der Waals surface area contributed by atoms with Crippen LogP contribution < -0.4 is 0 Å². The Balaban J connectivity index is 1.59. The number of rotatable bonds is 6. The van der Waals surface area contributed by atoms with Crippen molar-refractivity contribution in [1.82, 2.24) is 20.0 Å². The van der Waals surface area contributed by atoms with Gasteiger partial charge in [0.2, 0.25) is 5.89 Å². The molecule has 0 unspecified atom stereocenters. The van der Waals surface area contributed by atoms with Gasteiger partial charge in [0.15, 0.2) is 5.82 Å².